The van der Waals surface area contributed by atoms with Crippen LogP contribution in [0.25, 0.3) is 22.3 Å². The first kappa shape index (κ1) is 48.0. The minimum absolute atomic E-state index is 0.196. The number of hydrogen-bond donors (Lipinski definition) is 1. The fourth-order valence-corrected chi connectivity index (χ4v) is 5.34. The topological polar surface area (TPSA) is 356 Å². The molecule has 26 heteroatoms. The molecular weight excluding hydrogens is 828 g/mol. The number of benzene rings is 2. The summed E-state index contributed by atoms with van der Waals surface area (Å²) in [5.41, 5.74) is 0.986. The molecule has 1 saturated heterocycles. The smallest absolute Gasteiger partial charge is 0.313 e. The van der Waals surface area contributed by atoms with Crippen LogP contribution in [-0.4, -0.2) is 126 Å². The van der Waals surface area contributed by atoms with Gasteiger partial charge in [0.25, 0.3) is 0 Å². The number of esters is 4. The van der Waals surface area contributed by atoms with Crippen LogP contribution in [0, 0.1) is 40.5 Å². The first-order valence-electron chi connectivity index (χ1n) is 17.7. The van der Waals surface area contributed by atoms with Gasteiger partial charge in [0.05, 0.1) is 19.6 Å². The summed E-state index contributed by atoms with van der Waals surface area (Å²) in [4.78, 5) is 99.9. The normalized spacial score (nSPS) is 18.0. The fraction of sp³-hybridized carbons (Fsp3) is 0.457. The Morgan fingerprint density at radius 3 is 1.64 bits per heavy atom. The molecule has 0 bridgehead atoms. The summed E-state index contributed by atoms with van der Waals surface area (Å²) in [6.07, 6.45) is -13.2. The second-order valence-electron chi connectivity index (χ2n) is 12.3. The molecule has 5 unspecified atom stereocenters. The van der Waals surface area contributed by atoms with Crippen molar-refractivity contribution in [3.05, 3.63) is 99.2 Å². The van der Waals surface area contributed by atoms with Crippen molar-refractivity contribution in [2.45, 2.75) is 56.4 Å². The zero-order valence-corrected chi connectivity index (χ0v) is 32.2. The zero-order chi connectivity index (χ0) is 45.2. The number of fused-ring (bicyclic) bond motifs is 1. The highest BCUT2D eigenvalue weighted by Crippen LogP contribution is 2.34. The van der Waals surface area contributed by atoms with E-state index < -0.39 is 133 Å². The molecular formula is C35H38N4O22. The van der Waals surface area contributed by atoms with Gasteiger partial charge in [-0.25, -0.2) is 0 Å². The van der Waals surface area contributed by atoms with Gasteiger partial charge in [-0.05, 0) is 12.1 Å². The number of aliphatic hydroxyl groups is 1. The van der Waals surface area contributed by atoms with Crippen molar-refractivity contribution >= 4 is 34.8 Å². The first-order chi connectivity index (χ1) is 28.9. The molecule has 330 valence electrons. The lowest BCUT2D eigenvalue weighted by Crippen LogP contribution is -2.62. The van der Waals surface area contributed by atoms with Gasteiger partial charge in [0.15, 0.2) is 41.7 Å². The van der Waals surface area contributed by atoms with Crippen LogP contribution in [-0.2, 0) is 42.9 Å². The molecule has 1 fully saturated rings. The number of carbonyl (C=O) groups is 4. The summed E-state index contributed by atoms with van der Waals surface area (Å²) in [5.74, 6) is -3.95. The van der Waals surface area contributed by atoms with E-state index in [1.54, 1.807) is 25.3 Å². The molecule has 0 aliphatic carbocycles. The molecule has 1 N–H and O–H groups in total. The number of rotatable bonds is 20. The lowest BCUT2D eigenvalue weighted by Gasteiger charge is -2.42. The van der Waals surface area contributed by atoms with Crippen molar-refractivity contribution in [2.24, 2.45) is 0 Å². The Hall–Kier alpha value is -7.35. The van der Waals surface area contributed by atoms with Gasteiger partial charge in [0.2, 0.25) is 37.4 Å². The van der Waals surface area contributed by atoms with Gasteiger partial charge in [-0.2, -0.15) is 0 Å². The molecule has 26 nitrogen and oxygen atoms in total. The molecule has 1 aliphatic heterocycles. The zero-order valence-electron chi connectivity index (χ0n) is 32.2. The lowest BCUT2D eigenvalue weighted by molar-refractivity contribution is -0.479. The lowest BCUT2D eigenvalue weighted by atomic mass is 9.98. The van der Waals surface area contributed by atoms with E-state index >= 15 is 0 Å². The molecule has 0 saturated carbocycles. The van der Waals surface area contributed by atoms with Gasteiger partial charge in [-0.3, -0.25) is 64.4 Å². The van der Waals surface area contributed by atoms with Gasteiger partial charge in [0.1, 0.15) is 38.4 Å². The maximum Gasteiger partial charge on any atom is 0.313 e. The van der Waals surface area contributed by atoms with Crippen LogP contribution < -0.4 is 14.9 Å². The van der Waals surface area contributed by atoms with E-state index in [0.717, 1.165) is 5.56 Å². The maximum absolute atomic E-state index is 12.6. The van der Waals surface area contributed by atoms with E-state index in [4.69, 9.17) is 37.6 Å². The number of hydrogen-bond acceptors (Lipinski definition) is 22. The SMILES string of the molecule is COc1c(-c2ccccc2)oc2c(OC)cccc2c1=O.O=C(CC[N+](=O)[O-])OCC1OC(O)C(OC(=O)CC[N+](=O)[O-])C(OC(=O)CC[N+](=O)[O-])C1OC(=O)CC[N+](=O)[O-]. The Kier molecular flexibility index (Phi) is 18.3. The monoisotopic (exact) mass is 866 g/mol. The summed E-state index contributed by atoms with van der Waals surface area (Å²) in [6.45, 7) is -4.46. The summed E-state index contributed by atoms with van der Waals surface area (Å²) >= 11 is 0. The molecule has 5 atom stereocenters. The largest absolute Gasteiger partial charge is 0.493 e. The molecule has 1 aliphatic rings. The molecule has 0 spiro atoms. The van der Waals surface area contributed by atoms with E-state index in [-0.39, 0.29) is 11.2 Å². The Balaban J connectivity index is 0.000000391. The predicted molar refractivity (Wildman–Crippen MR) is 198 cm³/mol. The van der Waals surface area contributed by atoms with Crippen molar-refractivity contribution in [3.8, 4) is 22.8 Å². The van der Waals surface area contributed by atoms with Crippen LogP contribution in [0.3, 0.4) is 0 Å². The van der Waals surface area contributed by atoms with Gasteiger partial charge >= 0.3 is 23.9 Å². The minimum atomic E-state index is -2.22. The highest BCUT2D eigenvalue weighted by atomic mass is 16.7. The quantitative estimate of drug-likeness (QED) is 0.0719. The van der Waals surface area contributed by atoms with Crippen LogP contribution in [0.5, 0.6) is 11.5 Å². The molecule has 1 aromatic heterocycles. The first-order valence-corrected chi connectivity index (χ1v) is 17.7. The van der Waals surface area contributed by atoms with E-state index in [2.05, 4.69) is 0 Å². The van der Waals surface area contributed by atoms with Crippen LogP contribution in [0.1, 0.15) is 25.7 Å². The van der Waals surface area contributed by atoms with E-state index in [0.29, 0.717) is 22.5 Å². The van der Waals surface area contributed by atoms with Crippen LogP contribution >= 0.6 is 0 Å². The van der Waals surface area contributed by atoms with Crippen molar-refractivity contribution in [1.82, 2.24) is 0 Å². The average Bonchev–Trinajstić information content (AvgIpc) is 3.22. The van der Waals surface area contributed by atoms with Gasteiger partial charge in [-0.15, -0.1) is 0 Å². The Bertz CT molecular complexity index is 2130. The molecule has 2 aromatic carbocycles. The molecule has 4 rings (SSSR count). The molecule has 61 heavy (non-hydrogen) atoms. The van der Waals surface area contributed by atoms with Gasteiger partial charge in [-0.1, -0.05) is 36.4 Å². The second-order valence-corrected chi connectivity index (χ2v) is 12.3. The van der Waals surface area contributed by atoms with E-state index in [9.17, 15) is 69.5 Å². The molecule has 2 heterocycles. The van der Waals surface area contributed by atoms with Gasteiger partial charge in [0, 0.05) is 25.3 Å². The molecule has 0 radical (unpaired) electrons. The van der Waals surface area contributed by atoms with Crippen molar-refractivity contribution in [3.63, 3.8) is 0 Å². The third kappa shape index (κ3) is 14.8. The fourth-order valence-electron chi connectivity index (χ4n) is 5.34. The summed E-state index contributed by atoms with van der Waals surface area (Å²) < 4.78 is 41.5. The number of para-hydroxylation sites is 1. The Labute approximate surface area is 341 Å². The third-order valence-corrected chi connectivity index (χ3v) is 8.11. The number of nitro groups is 4. The molecule has 0 amide bonds. The van der Waals surface area contributed by atoms with Crippen LogP contribution in [0.4, 0.5) is 0 Å². The minimum Gasteiger partial charge on any atom is -0.493 e. The van der Waals surface area contributed by atoms with Crippen molar-refractivity contribution < 1.29 is 81.6 Å². The standard InChI is InChI=1S/C18H24N4O18.C17H14O4/c23-11(1-5-19(28)29)36-9-10-15(38-12(24)2-6-20(30)31)16(39-13(25)3-7-21(32)33)17(18(27)37-10)40-14(26)4-8-22(34)35;1-19-13-10-6-9-12-14(18)17(20-2)15(21-16(12)13)11-7-4-3-5-8-11/h10,15-18,27H,1-9H2;3-10H,1-2H3. The van der Waals surface area contributed by atoms with Gasteiger partial charge < -0.3 is 42.7 Å². The Morgan fingerprint density at radius 1 is 0.656 bits per heavy atom. The van der Waals surface area contributed by atoms with Crippen LogP contribution in [0.2, 0.25) is 0 Å². The van der Waals surface area contributed by atoms with E-state index in [1.807, 2.05) is 30.3 Å². The summed E-state index contributed by atoms with van der Waals surface area (Å²) in [6, 6.07) is 14.6. The van der Waals surface area contributed by atoms with E-state index in [1.165, 1.54) is 7.11 Å². The molecule has 3 aromatic rings. The maximum atomic E-state index is 12.6. The second kappa shape index (κ2) is 23.3. The Morgan fingerprint density at radius 2 is 1.15 bits per heavy atom. The number of ether oxygens (including phenoxy) is 7. The number of methoxy groups -OCH3 is 2. The summed E-state index contributed by atoms with van der Waals surface area (Å²) in [7, 11) is 3.01. The highest BCUT2D eigenvalue weighted by Gasteiger charge is 2.52. The average molecular weight is 867 g/mol. The van der Waals surface area contributed by atoms with Crippen molar-refractivity contribution in [1.29, 1.82) is 0 Å². The highest BCUT2D eigenvalue weighted by molar-refractivity contribution is 5.86. The van der Waals surface area contributed by atoms with Crippen molar-refractivity contribution in [2.75, 3.05) is 47.0 Å². The third-order valence-electron chi connectivity index (χ3n) is 8.11. The number of aliphatic hydroxyl groups excluding tert-OH is 1. The van der Waals surface area contributed by atoms with Crippen LogP contribution in [0.15, 0.2) is 57.7 Å². The number of nitrogens with zero attached hydrogens (tertiary/aromatic N) is 4. The number of carbonyl (C=O) groups excluding carboxylic acids is 4. The predicted octanol–water partition coefficient (Wildman–Crippen LogP) is 1.13. The summed E-state index contributed by atoms with van der Waals surface area (Å²) in [5, 5.41) is 53.1.